The van der Waals surface area contributed by atoms with E-state index in [1.165, 1.54) is 11.8 Å². The summed E-state index contributed by atoms with van der Waals surface area (Å²) in [6.45, 7) is 5.45. The van der Waals surface area contributed by atoms with Gasteiger partial charge in [-0.15, -0.1) is 0 Å². The van der Waals surface area contributed by atoms with Crippen molar-refractivity contribution < 1.29 is 19.0 Å². The van der Waals surface area contributed by atoms with Crippen molar-refractivity contribution in [3.63, 3.8) is 0 Å². The lowest BCUT2D eigenvalue weighted by Gasteiger charge is -2.16. The van der Waals surface area contributed by atoms with Crippen LogP contribution in [0.25, 0.3) is 0 Å². The summed E-state index contributed by atoms with van der Waals surface area (Å²) in [5.41, 5.74) is 9.09. The van der Waals surface area contributed by atoms with Crippen LogP contribution in [0.2, 0.25) is 0 Å². The molecule has 2 amide bonds. The average Bonchev–Trinajstić information content (AvgIpc) is 2.73. The van der Waals surface area contributed by atoms with Gasteiger partial charge in [0, 0.05) is 6.42 Å². The van der Waals surface area contributed by atoms with Gasteiger partial charge in [0.15, 0.2) is 11.5 Å². The number of para-hydroxylation sites is 1. The van der Waals surface area contributed by atoms with Crippen molar-refractivity contribution in [2.75, 3.05) is 20.3 Å². The van der Waals surface area contributed by atoms with Gasteiger partial charge in [0.25, 0.3) is 0 Å². The second kappa shape index (κ2) is 11.6. The zero-order valence-corrected chi connectivity index (χ0v) is 17.2. The van der Waals surface area contributed by atoms with Crippen molar-refractivity contribution in [1.29, 1.82) is 0 Å². The Kier molecular flexibility index (Phi) is 8.82. The maximum Gasteiger partial charge on any atom is 0.332 e. The highest BCUT2D eigenvalue weighted by Gasteiger charge is 2.09. The molecule has 0 aliphatic carbocycles. The minimum atomic E-state index is -0.720. The number of carbonyl (C=O) groups is 1. The maximum absolute atomic E-state index is 10.6. The molecule has 0 saturated carbocycles. The van der Waals surface area contributed by atoms with Gasteiger partial charge in [0.2, 0.25) is 0 Å². The van der Waals surface area contributed by atoms with Crippen molar-refractivity contribution >= 4 is 12.2 Å². The van der Waals surface area contributed by atoms with E-state index in [-0.39, 0.29) is 0 Å². The number of amides is 2. The van der Waals surface area contributed by atoms with E-state index < -0.39 is 6.03 Å². The van der Waals surface area contributed by atoms with Gasteiger partial charge in [0.1, 0.15) is 5.75 Å². The number of ether oxygens (including phenoxy) is 3. The smallest absolute Gasteiger partial charge is 0.332 e. The van der Waals surface area contributed by atoms with Crippen LogP contribution in [0.15, 0.2) is 47.6 Å². The molecule has 0 aromatic heterocycles. The lowest BCUT2D eigenvalue weighted by molar-refractivity contribution is 0.239. The van der Waals surface area contributed by atoms with Crippen LogP contribution in [0.4, 0.5) is 4.79 Å². The van der Waals surface area contributed by atoms with Crippen LogP contribution in [0.5, 0.6) is 17.2 Å². The van der Waals surface area contributed by atoms with Crippen LogP contribution in [0, 0.1) is 0 Å². The van der Waals surface area contributed by atoms with Gasteiger partial charge < -0.3 is 19.9 Å². The molecule has 0 spiro atoms. The average molecular weight is 399 g/mol. The van der Waals surface area contributed by atoms with E-state index in [0.29, 0.717) is 30.6 Å². The zero-order chi connectivity index (χ0) is 21.1. The second-order valence-electron chi connectivity index (χ2n) is 6.54. The van der Waals surface area contributed by atoms with E-state index in [1.54, 1.807) is 19.2 Å². The third-order valence-electron chi connectivity index (χ3n) is 4.44. The highest BCUT2D eigenvalue weighted by molar-refractivity contribution is 5.82. The molecule has 3 N–H and O–H groups in total. The van der Waals surface area contributed by atoms with Crippen LogP contribution in [-0.4, -0.2) is 32.6 Å². The van der Waals surface area contributed by atoms with Crippen molar-refractivity contribution in [3.05, 3.63) is 53.6 Å². The van der Waals surface area contributed by atoms with Crippen LogP contribution < -0.4 is 25.4 Å². The molecular weight excluding hydrogens is 370 g/mol. The van der Waals surface area contributed by atoms with Crippen LogP contribution in [0.3, 0.4) is 0 Å². The van der Waals surface area contributed by atoms with E-state index in [4.69, 9.17) is 19.9 Å². The van der Waals surface area contributed by atoms with Crippen molar-refractivity contribution in [1.82, 2.24) is 5.43 Å². The second-order valence-corrected chi connectivity index (χ2v) is 6.54. The topological polar surface area (TPSA) is 95.2 Å². The fourth-order valence-electron chi connectivity index (χ4n) is 2.72. The fourth-order valence-corrected chi connectivity index (χ4v) is 2.72. The molecule has 2 rings (SSSR count). The van der Waals surface area contributed by atoms with Gasteiger partial charge in [0.05, 0.1) is 26.5 Å². The van der Waals surface area contributed by atoms with Gasteiger partial charge in [-0.25, -0.2) is 10.2 Å². The number of hydrogen-bond donors (Lipinski definition) is 2. The predicted octanol–water partition coefficient (Wildman–Crippen LogP) is 4.06. The third-order valence-corrected chi connectivity index (χ3v) is 4.44. The molecule has 0 heterocycles. The highest BCUT2D eigenvalue weighted by atomic mass is 16.5. The Bertz CT molecular complexity index is 823. The Morgan fingerprint density at radius 2 is 1.86 bits per heavy atom. The summed E-state index contributed by atoms with van der Waals surface area (Å²) in [7, 11) is 1.57. The lowest BCUT2D eigenvalue weighted by Crippen LogP contribution is -2.24. The molecule has 7 heteroatoms. The van der Waals surface area contributed by atoms with Crippen LogP contribution in [0.1, 0.15) is 43.7 Å². The molecule has 2 aromatic rings. The number of nitrogens with one attached hydrogen (secondary N) is 1. The number of methoxy groups -OCH3 is 1. The standard InChI is InChI=1S/C22H29N3O4/c1-4-16(2)18-8-5-6-9-19(18)28-12-7-13-29-20-11-10-17(14-21(20)27-3)15-24-25-22(23)26/h5-6,8-11,14-16H,4,7,12-13H2,1-3H3,(H3,23,25,26)/b24-15+. The number of hydrogen-bond acceptors (Lipinski definition) is 5. The van der Waals surface area contributed by atoms with Crippen molar-refractivity contribution in [3.8, 4) is 17.2 Å². The molecule has 0 fully saturated rings. The van der Waals surface area contributed by atoms with Crippen molar-refractivity contribution in [2.45, 2.75) is 32.6 Å². The summed E-state index contributed by atoms with van der Waals surface area (Å²) in [4.78, 5) is 10.6. The third kappa shape index (κ3) is 7.03. The summed E-state index contributed by atoms with van der Waals surface area (Å²) in [6.07, 6.45) is 3.28. The molecule has 1 atom stereocenters. The quantitative estimate of drug-likeness (QED) is 0.338. The number of nitrogens with two attached hydrogens (primary N) is 1. The van der Waals surface area contributed by atoms with E-state index in [9.17, 15) is 4.79 Å². The Hall–Kier alpha value is -3.22. The molecule has 29 heavy (non-hydrogen) atoms. The zero-order valence-electron chi connectivity index (χ0n) is 17.2. The molecule has 0 bridgehead atoms. The van der Waals surface area contributed by atoms with E-state index in [2.05, 4.69) is 30.4 Å². The first-order valence-corrected chi connectivity index (χ1v) is 9.66. The highest BCUT2D eigenvalue weighted by Crippen LogP contribution is 2.29. The Morgan fingerprint density at radius 1 is 1.14 bits per heavy atom. The first-order chi connectivity index (χ1) is 14.0. The maximum atomic E-state index is 10.6. The number of urea groups is 1. The molecule has 1 unspecified atom stereocenters. The lowest BCUT2D eigenvalue weighted by atomic mass is 9.98. The predicted molar refractivity (Wildman–Crippen MR) is 114 cm³/mol. The molecule has 0 aliphatic rings. The molecule has 7 nitrogen and oxygen atoms in total. The van der Waals surface area contributed by atoms with Gasteiger partial charge in [-0.05, 0) is 47.7 Å². The molecular formula is C22H29N3O4. The monoisotopic (exact) mass is 399 g/mol. The van der Waals surface area contributed by atoms with Gasteiger partial charge in [-0.3, -0.25) is 0 Å². The summed E-state index contributed by atoms with van der Waals surface area (Å²) in [5, 5.41) is 3.72. The molecule has 0 aliphatic heterocycles. The summed E-state index contributed by atoms with van der Waals surface area (Å²) >= 11 is 0. The van der Waals surface area contributed by atoms with Crippen LogP contribution in [-0.2, 0) is 0 Å². The first-order valence-electron chi connectivity index (χ1n) is 9.66. The Labute approximate surface area is 171 Å². The number of benzene rings is 2. The van der Waals surface area contributed by atoms with E-state index in [1.807, 2.05) is 24.3 Å². The van der Waals surface area contributed by atoms with Gasteiger partial charge >= 0.3 is 6.03 Å². The minimum absolute atomic E-state index is 0.465. The van der Waals surface area contributed by atoms with Crippen LogP contribution >= 0.6 is 0 Å². The number of rotatable bonds is 11. The van der Waals surface area contributed by atoms with E-state index >= 15 is 0 Å². The number of hydrazone groups is 1. The Balaban J connectivity index is 1.85. The largest absolute Gasteiger partial charge is 0.493 e. The van der Waals surface area contributed by atoms with Gasteiger partial charge in [-0.1, -0.05) is 32.0 Å². The molecule has 0 radical (unpaired) electrons. The summed E-state index contributed by atoms with van der Waals surface area (Å²) in [5.74, 6) is 2.61. The summed E-state index contributed by atoms with van der Waals surface area (Å²) in [6, 6.07) is 12.8. The fraction of sp³-hybridized carbons (Fsp3) is 0.364. The van der Waals surface area contributed by atoms with Crippen molar-refractivity contribution in [2.24, 2.45) is 10.8 Å². The molecule has 156 valence electrons. The first kappa shape index (κ1) is 22.1. The van der Waals surface area contributed by atoms with E-state index in [0.717, 1.165) is 24.2 Å². The normalized spacial score (nSPS) is 11.8. The number of nitrogens with zero attached hydrogens (tertiary/aromatic N) is 1. The molecule has 2 aromatic carbocycles. The minimum Gasteiger partial charge on any atom is -0.493 e. The number of carbonyl (C=O) groups excluding carboxylic acids is 1. The number of primary amides is 1. The Morgan fingerprint density at radius 3 is 2.55 bits per heavy atom. The summed E-state index contributed by atoms with van der Waals surface area (Å²) < 4.78 is 17.2. The SMILES string of the molecule is CCC(C)c1ccccc1OCCCOc1ccc(/C=N/NC(N)=O)cc1OC. The molecule has 0 saturated heterocycles. The van der Waals surface area contributed by atoms with Gasteiger partial charge in [-0.2, -0.15) is 5.10 Å².